The van der Waals surface area contributed by atoms with Crippen LogP contribution in [0, 0.1) is 11.6 Å². The molecule has 0 radical (unpaired) electrons. The first-order valence-corrected chi connectivity index (χ1v) is 6.52. The molecule has 0 atom stereocenters. The van der Waals surface area contributed by atoms with E-state index in [4.69, 9.17) is 5.73 Å². The van der Waals surface area contributed by atoms with Gasteiger partial charge in [-0.15, -0.1) is 0 Å². The van der Waals surface area contributed by atoms with Gasteiger partial charge in [0.15, 0.2) is 0 Å². The average molecular weight is 305 g/mol. The van der Waals surface area contributed by atoms with E-state index >= 15 is 0 Å². The summed E-state index contributed by atoms with van der Waals surface area (Å²) in [5.41, 5.74) is 6.15. The smallest absolute Gasteiger partial charge is 0.149 e. The quantitative estimate of drug-likeness (QED) is 0.822. The first kappa shape index (κ1) is 12.8. The minimum absolute atomic E-state index is 0.224. The van der Waals surface area contributed by atoms with Gasteiger partial charge in [0.25, 0.3) is 0 Å². The predicted molar refractivity (Wildman–Crippen MR) is 67.9 cm³/mol. The van der Waals surface area contributed by atoms with Crippen LogP contribution in [0.5, 0.6) is 0 Å². The molecule has 0 aliphatic heterocycles. The van der Waals surface area contributed by atoms with Gasteiger partial charge >= 0.3 is 0 Å². The van der Waals surface area contributed by atoms with Gasteiger partial charge in [-0.1, -0.05) is 0 Å². The first-order valence-electron chi connectivity index (χ1n) is 5.73. The molecule has 1 aromatic carbocycles. The van der Waals surface area contributed by atoms with Crippen LogP contribution in [0.15, 0.2) is 16.6 Å². The third-order valence-electron chi connectivity index (χ3n) is 3.14. The largest absolute Gasteiger partial charge is 0.380 e. The van der Waals surface area contributed by atoms with Crippen LogP contribution < -0.4 is 11.1 Å². The summed E-state index contributed by atoms with van der Waals surface area (Å²) in [6.07, 6.45) is 3.74. The molecule has 94 valence electrons. The van der Waals surface area contributed by atoms with Crippen molar-refractivity contribution in [1.29, 1.82) is 0 Å². The molecular formula is C12H15BrF2N2. The molecule has 0 saturated heterocycles. The van der Waals surface area contributed by atoms with Crippen molar-refractivity contribution < 1.29 is 8.78 Å². The maximum absolute atomic E-state index is 13.5. The lowest BCUT2D eigenvalue weighted by Gasteiger charge is -2.27. The Kier molecular flexibility index (Phi) is 3.99. The Labute approximate surface area is 108 Å². The highest BCUT2D eigenvalue weighted by atomic mass is 79.9. The lowest BCUT2D eigenvalue weighted by molar-refractivity contribution is 0.410. The number of anilines is 1. The lowest BCUT2D eigenvalue weighted by Crippen LogP contribution is -2.33. The van der Waals surface area contributed by atoms with Crippen LogP contribution in [-0.4, -0.2) is 12.1 Å². The molecule has 0 amide bonds. The number of hydrogen-bond donors (Lipinski definition) is 2. The number of nitrogens with one attached hydrogen (secondary N) is 1. The summed E-state index contributed by atoms with van der Waals surface area (Å²) >= 11 is 3.05. The Balaban J connectivity index is 2.06. The Bertz CT molecular complexity index is 404. The number of nitrogens with two attached hydrogens (primary N) is 1. The van der Waals surface area contributed by atoms with Crippen LogP contribution in [-0.2, 0) is 0 Å². The molecule has 0 unspecified atom stereocenters. The third-order valence-corrected chi connectivity index (χ3v) is 3.75. The Morgan fingerprint density at radius 3 is 2.41 bits per heavy atom. The molecule has 5 heteroatoms. The number of halogens is 3. The van der Waals surface area contributed by atoms with Gasteiger partial charge in [-0.3, -0.25) is 0 Å². The van der Waals surface area contributed by atoms with Crippen LogP contribution in [0.2, 0.25) is 0 Å². The molecule has 1 aliphatic rings. The Hall–Kier alpha value is -0.680. The summed E-state index contributed by atoms with van der Waals surface area (Å²) in [5, 5.41) is 3.11. The SMILES string of the molecule is NC1CCC(Nc2cc(Br)c(F)cc2F)CC1. The molecular weight excluding hydrogens is 290 g/mol. The zero-order valence-corrected chi connectivity index (χ0v) is 10.9. The minimum Gasteiger partial charge on any atom is -0.380 e. The lowest BCUT2D eigenvalue weighted by atomic mass is 9.91. The molecule has 3 N–H and O–H groups in total. The normalized spacial score (nSPS) is 24.7. The van der Waals surface area contributed by atoms with Gasteiger partial charge in [-0.2, -0.15) is 0 Å². The highest BCUT2D eigenvalue weighted by Gasteiger charge is 2.19. The topological polar surface area (TPSA) is 38.0 Å². The van der Waals surface area contributed by atoms with Gasteiger partial charge < -0.3 is 11.1 Å². The van der Waals surface area contributed by atoms with Gasteiger partial charge in [-0.25, -0.2) is 8.78 Å². The maximum atomic E-state index is 13.5. The van der Waals surface area contributed by atoms with E-state index in [0.717, 1.165) is 31.7 Å². The van der Waals surface area contributed by atoms with E-state index < -0.39 is 11.6 Å². The van der Waals surface area contributed by atoms with Gasteiger partial charge in [-0.05, 0) is 47.7 Å². The fraction of sp³-hybridized carbons (Fsp3) is 0.500. The van der Waals surface area contributed by atoms with E-state index in [1.54, 1.807) is 0 Å². The molecule has 0 spiro atoms. The molecule has 0 bridgehead atoms. The summed E-state index contributed by atoms with van der Waals surface area (Å²) < 4.78 is 26.8. The third kappa shape index (κ3) is 3.16. The Morgan fingerprint density at radius 2 is 1.76 bits per heavy atom. The van der Waals surface area contributed by atoms with Crippen LogP contribution in [0.4, 0.5) is 14.5 Å². The van der Waals surface area contributed by atoms with Crippen LogP contribution in [0.3, 0.4) is 0 Å². The first-order chi connectivity index (χ1) is 8.06. The van der Waals surface area contributed by atoms with E-state index in [0.29, 0.717) is 5.69 Å². The van der Waals surface area contributed by atoms with Gasteiger partial charge in [0.05, 0.1) is 10.2 Å². The zero-order valence-electron chi connectivity index (χ0n) is 9.35. The second-order valence-corrected chi connectivity index (χ2v) is 5.36. The second kappa shape index (κ2) is 5.31. The van der Waals surface area contributed by atoms with Crippen molar-refractivity contribution in [2.45, 2.75) is 37.8 Å². The molecule has 2 rings (SSSR count). The summed E-state index contributed by atoms with van der Waals surface area (Å²) in [6.45, 7) is 0. The van der Waals surface area contributed by atoms with Crippen molar-refractivity contribution in [3.05, 3.63) is 28.2 Å². The van der Waals surface area contributed by atoms with Crippen molar-refractivity contribution in [2.24, 2.45) is 5.73 Å². The zero-order chi connectivity index (χ0) is 12.4. The van der Waals surface area contributed by atoms with Crippen molar-refractivity contribution in [3.8, 4) is 0 Å². The number of rotatable bonds is 2. The maximum Gasteiger partial charge on any atom is 0.149 e. The summed E-state index contributed by atoms with van der Waals surface area (Å²) in [4.78, 5) is 0. The van der Waals surface area contributed by atoms with Crippen molar-refractivity contribution in [3.63, 3.8) is 0 Å². The standard InChI is InChI=1S/C12H15BrF2N2/c13-9-5-12(11(15)6-10(9)14)17-8-3-1-7(16)2-4-8/h5-8,17H,1-4,16H2. The summed E-state index contributed by atoms with van der Waals surface area (Å²) in [7, 11) is 0. The minimum atomic E-state index is -0.585. The second-order valence-electron chi connectivity index (χ2n) is 4.50. The highest BCUT2D eigenvalue weighted by molar-refractivity contribution is 9.10. The fourth-order valence-electron chi connectivity index (χ4n) is 2.12. The van der Waals surface area contributed by atoms with Crippen LogP contribution >= 0.6 is 15.9 Å². The van der Waals surface area contributed by atoms with Gasteiger partial charge in [0.1, 0.15) is 11.6 Å². The molecule has 17 heavy (non-hydrogen) atoms. The van der Waals surface area contributed by atoms with E-state index in [1.165, 1.54) is 6.07 Å². The number of hydrogen-bond acceptors (Lipinski definition) is 2. The van der Waals surface area contributed by atoms with Gasteiger partial charge in [0, 0.05) is 18.2 Å². The van der Waals surface area contributed by atoms with Crippen molar-refractivity contribution >= 4 is 21.6 Å². The molecule has 1 aliphatic carbocycles. The van der Waals surface area contributed by atoms with Crippen molar-refractivity contribution in [1.82, 2.24) is 0 Å². The Morgan fingerprint density at radius 1 is 1.12 bits per heavy atom. The summed E-state index contributed by atoms with van der Waals surface area (Å²) in [6, 6.07) is 2.82. The molecule has 0 aromatic heterocycles. The summed E-state index contributed by atoms with van der Waals surface area (Å²) in [5.74, 6) is -1.14. The average Bonchev–Trinajstić information content (AvgIpc) is 2.29. The molecule has 0 heterocycles. The van der Waals surface area contributed by atoms with Crippen LogP contribution in [0.1, 0.15) is 25.7 Å². The molecule has 1 saturated carbocycles. The number of benzene rings is 1. The highest BCUT2D eigenvalue weighted by Crippen LogP contribution is 2.27. The van der Waals surface area contributed by atoms with E-state index in [-0.39, 0.29) is 16.6 Å². The van der Waals surface area contributed by atoms with Crippen molar-refractivity contribution in [2.75, 3.05) is 5.32 Å². The molecule has 2 nitrogen and oxygen atoms in total. The fourth-order valence-corrected chi connectivity index (χ4v) is 2.46. The molecule has 1 aromatic rings. The van der Waals surface area contributed by atoms with E-state index in [1.807, 2.05) is 0 Å². The monoisotopic (exact) mass is 304 g/mol. The predicted octanol–water partition coefficient (Wildman–Crippen LogP) is 3.41. The molecule has 1 fully saturated rings. The van der Waals surface area contributed by atoms with E-state index in [9.17, 15) is 8.78 Å². The van der Waals surface area contributed by atoms with Crippen LogP contribution in [0.25, 0.3) is 0 Å². The van der Waals surface area contributed by atoms with Gasteiger partial charge in [0.2, 0.25) is 0 Å². The van der Waals surface area contributed by atoms with E-state index in [2.05, 4.69) is 21.2 Å².